The second-order valence-corrected chi connectivity index (χ2v) is 6.27. The molecule has 0 heterocycles. The number of carboxylic acid groups (broad SMARTS) is 1. The van der Waals surface area contributed by atoms with Gasteiger partial charge in [0.1, 0.15) is 5.92 Å². The minimum absolute atomic E-state index is 0.535. The van der Waals surface area contributed by atoms with Gasteiger partial charge < -0.3 is 5.11 Å². The molecule has 1 atom stereocenters. The van der Waals surface area contributed by atoms with Gasteiger partial charge in [-0.1, -0.05) is 49.4 Å². The Bertz CT molecular complexity index is 554. The molecule has 1 unspecified atom stereocenters. The number of carboxylic acids is 1. The average Bonchev–Trinajstić information content (AvgIpc) is 2.65. The van der Waals surface area contributed by atoms with E-state index in [-0.39, 0.29) is 0 Å². The number of fused-ring (bicyclic) bond motifs is 1. The van der Waals surface area contributed by atoms with Gasteiger partial charge in [0.25, 0.3) is 0 Å². The summed E-state index contributed by atoms with van der Waals surface area (Å²) in [5.74, 6) is -0.809. The van der Waals surface area contributed by atoms with E-state index in [9.17, 15) is 9.90 Å². The minimum Gasteiger partial charge on any atom is -0.481 e. The van der Waals surface area contributed by atoms with Gasteiger partial charge in [0.05, 0.1) is 0 Å². The lowest BCUT2D eigenvalue weighted by Gasteiger charge is -2.18. The lowest BCUT2D eigenvalue weighted by Crippen LogP contribution is -2.08. The zero-order valence-corrected chi connectivity index (χ0v) is 12.2. The maximum atomic E-state index is 11.2. The normalized spacial score (nSPS) is 22.6. The van der Waals surface area contributed by atoms with Gasteiger partial charge in [0.15, 0.2) is 0 Å². The maximum absolute atomic E-state index is 11.2. The topological polar surface area (TPSA) is 37.3 Å². The number of hydrogen-bond donors (Lipinski definition) is 1. The van der Waals surface area contributed by atoms with Gasteiger partial charge >= 0.3 is 5.97 Å². The molecule has 0 amide bonds. The highest BCUT2D eigenvalue weighted by atomic mass is 35.5. The number of hydrogen-bond acceptors (Lipinski definition) is 1. The van der Waals surface area contributed by atoms with Crippen LogP contribution < -0.4 is 0 Å². The van der Waals surface area contributed by atoms with Crippen LogP contribution in [0.1, 0.15) is 67.1 Å². The summed E-state index contributed by atoms with van der Waals surface area (Å²) in [5, 5.41) is 9.95. The fourth-order valence-corrected chi connectivity index (χ4v) is 3.79. The monoisotopic (exact) mass is 290 g/mol. The quantitative estimate of drug-likeness (QED) is 0.781. The molecule has 2 aliphatic rings. The number of carbonyl (C=O) groups is 1. The van der Waals surface area contributed by atoms with Gasteiger partial charge in [0, 0.05) is 5.02 Å². The first-order chi connectivity index (χ1) is 9.66. The molecule has 0 saturated heterocycles. The van der Waals surface area contributed by atoms with Crippen molar-refractivity contribution >= 4 is 23.6 Å². The molecule has 0 aliphatic heterocycles. The SMILES string of the molecule is O=C(O)C1C=Cc2cc(C3CCCCCC3)c(Cl)cc21. The summed E-state index contributed by atoms with van der Waals surface area (Å²) in [6.45, 7) is 0. The first-order valence-electron chi connectivity index (χ1n) is 7.41. The summed E-state index contributed by atoms with van der Waals surface area (Å²) >= 11 is 6.44. The predicted octanol–water partition coefficient (Wildman–Crippen LogP) is 4.97. The Labute approximate surface area is 124 Å². The van der Waals surface area contributed by atoms with Crippen LogP contribution in [0.25, 0.3) is 6.08 Å². The molecule has 106 valence electrons. The second kappa shape index (κ2) is 5.61. The Morgan fingerprint density at radius 2 is 1.80 bits per heavy atom. The fourth-order valence-electron chi connectivity index (χ4n) is 3.46. The molecule has 0 bridgehead atoms. The van der Waals surface area contributed by atoms with Gasteiger partial charge in [-0.05, 0) is 47.6 Å². The van der Waals surface area contributed by atoms with E-state index in [1.54, 1.807) is 6.08 Å². The molecule has 20 heavy (non-hydrogen) atoms. The zero-order chi connectivity index (χ0) is 14.1. The summed E-state index contributed by atoms with van der Waals surface area (Å²) in [6, 6.07) is 3.99. The van der Waals surface area contributed by atoms with E-state index in [0.29, 0.717) is 5.92 Å². The van der Waals surface area contributed by atoms with Crippen LogP contribution in [0.15, 0.2) is 18.2 Å². The van der Waals surface area contributed by atoms with Crippen molar-refractivity contribution in [3.63, 3.8) is 0 Å². The van der Waals surface area contributed by atoms with Crippen LogP contribution in [0.4, 0.5) is 0 Å². The molecule has 3 heteroatoms. The lowest BCUT2D eigenvalue weighted by molar-refractivity contribution is -0.137. The minimum atomic E-state index is -0.807. The van der Waals surface area contributed by atoms with Crippen LogP contribution in [0, 0.1) is 0 Å². The molecule has 3 rings (SSSR count). The molecule has 2 nitrogen and oxygen atoms in total. The van der Waals surface area contributed by atoms with E-state index in [4.69, 9.17) is 11.6 Å². The van der Waals surface area contributed by atoms with Crippen LogP contribution >= 0.6 is 11.6 Å². The summed E-state index contributed by atoms with van der Waals surface area (Å²) in [5.41, 5.74) is 3.07. The number of halogens is 1. The predicted molar refractivity (Wildman–Crippen MR) is 81.3 cm³/mol. The van der Waals surface area contributed by atoms with E-state index in [0.717, 1.165) is 16.1 Å². The highest BCUT2D eigenvalue weighted by Crippen LogP contribution is 2.40. The van der Waals surface area contributed by atoms with Crippen LogP contribution in [0.5, 0.6) is 0 Å². The van der Waals surface area contributed by atoms with Crippen molar-refractivity contribution in [1.82, 2.24) is 0 Å². The maximum Gasteiger partial charge on any atom is 0.314 e. The smallest absolute Gasteiger partial charge is 0.314 e. The van der Waals surface area contributed by atoms with Crippen molar-refractivity contribution in [1.29, 1.82) is 0 Å². The molecule has 1 aromatic carbocycles. The summed E-state index contributed by atoms with van der Waals surface area (Å²) < 4.78 is 0. The largest absolute Gasteiger partial charge is 0.481 e. The highest BCUT2D eigenvalue weighted by molar-refractivity contribution is 6.31. The first kappa shape index (κ1) is 13.7. The van der Waals surface area contributed by atoms with Crippen molar-refractivity contribution in [3.05, 3.63) is 39.9 Å². The molecular formula is C17H19ClO2. The highest BCUT2D eigenvalue weighted by Gasteiger charge is 2.26. The van der Waals surface area contributed by atoms with Crippen LogP contribution in [-0.2, 0) is 4.79 Å². The Kier molecular flexibility index (Phi) is 3.84. The van der Waals surface area contributed by atoms with E-state index < -0.39 is 11.9 Å². The first-order valence-corrected chi connectivity index (χ1v) is 7.79. The average molecular weight is 291 g/mol. The van der Waals surface area contributed by atoms with Crippen molar-refractivity contribution in [2.45, 2.75) is 50.4 Å². The number of aliphatic carboxylic acids is 1. The Morgan fingerprint density at radius 3 is 2.45 bits per heavy atom. The molecule has 1 fully saturated rings. The molecule has 1 saturated carbocycles. The zero-order valence-electron chi connectivity index (χ0n) is 11.4. The molecule has 0 radical (unpaired) electrons. The third kappa shape index (κ3) is 2.49. The molecule has 0 aromatic heterocycles. The fraction of sp³-hybridized carbons (Fsp3) is 0.471. The van der Waals surface area contributed by atoms with Crippen LogP contribution in [-0.4, -0.2) is 11.1 Å². The number of rotatable bonds is 2. The summed E-state index contributed by atoms with van der Waals surface area (Å²) in [7, 11) is 0. The van der Waals surface area contributed by atoms with Crippen LogP contribution in [0.3, 0.4) is 0 Å². The standard InChI is InChI=1S/C17H19ClO2/c18-16-10-14-12(7-8-13(14)17(19)20)9-15(16)11-5-3-1-2-4-6-11/h7-11,13H,1-6H2,(H,19,20). The Balaban J connectivity index is 1.94. The molecule has 1 aromatic rings. The van der Waals surface area contributed by atoms with Gasteiger partial charge in [-0.15, -0.1) is 0 Å². The molecular weight excluding hydrogens is 272 g/mol. The van der Waals surface area contributed by atoms with Crippen LogP contribution in [0.2, 0.25) is 5.02 Å². The van der Waals surface area contributed by atoms with Gasteiger partial charge in [0.2, 0.25) is 0 Å². The Morgan fingerprint density at radius 1 is 1.10 bits per heavy atom. The van der Waals surface area contributed by atoms with E-state index in [1.165, 1.54) is 44.1 Å². The molecule has 0 spiro atoms. The van der Waals surface area contributed by atoms with E-state index in [2.05, 4.69) is 6.07 Å². The second-order valence-electron chi connectivity index (χ2n) is 5.87. The van der Waals surface area contributed by atoms with Gasteiger partial charge in [-0.25, -0.2) is 0 Å². The van der Waals surface area contributed by atoms with E-state index in [1.807, 2.05) is 12.1 Å². The third-order valence-electron chi connectivity index (χ3n) is 4.57. The number of benzene rings is 1. The van der Waals surface area contributed by atoms with E-state index >= 15 is 0 Å². The van der Waals surface area contributed by atoms with Gasteiger partial charge in [-0.2, -0.15) is 0 Å². The van der Waals surface area contributed by atoms with Crippen molar-refractivity contribution in [2.75, 3.05) is 0 Å². The summed E-state index contributed by atoms with van der Waals surface area (Å²) in [4.78, 5) is 11.2. The third-order valence-corrected chi connectivity index (χ3v) is 4.89. The Hall–Kier alpha value is -1.28. The molecule has 1 N–H and O–H groups in total. The van der Waals surface area contributed by atoms with Crippen molar-refractivity contribution in [3.8, 4) is 0 Å². The molecule has 2 aliphatic carbocycles. The van der Waals surface area contributed by atoms with Crippen molar-refractivity contribution in [2.24, 2.45) is 0 Å². The summed E-state index contributed by atoms with van der Waals surface area (Å²) in [6.07, 6.45) is 11.2. The van der Waals surface area contributed by atoms with Crippen molar-refractivity contribution < 1.29 is 9.90 Å². The lowest BCUT2D eigenvalue weighted by atomic mass is 9.88. The van der Waals surface area contributed by atoms with Gasteiger partial charge in [-0.3, -0.25) is 4.79 Å².